The molecule has 0 saturated carbocycles. The van der Waals surface area contributed by atoms with Gasteiger partial charge in [-0.2, -0.15) is 0 Å². The topological polar surface area (TPSA) is 112 Å². The van der Waals surface area contributed by atoms with Crippen LogP contribution in [0.25, 0.3) is 10.4 Å². The highest BCUT2D eigenvalue weighted by Crippen LogP contribution is 2.27. The zero-order valence-electron chi connectivity index (χ0n) is 20.9. The highest BCUT2D eigenvalue weighted by atomic mass is 32.1. The lowest BCUT2D eigenvalue weighted by Gasteiger charge is -2.35. The Morgan fingerprint density at radius 2 is 1.97 bits per heavy atom. The van der Waals surface area contributed by atoms with E-state index in [9.17, 15) is 19.5 Å². The Kier molecular flexibility index (Phi) is 8.98. The quantitative estimate of drug-likeness (QED) is 0.541. The van der Waals surface area contributed by atoms with Gasteiger partial charge in [-0.3, -0.25) is 14.4 Å². The zero-order valence-corrected chi connectivity index (χ0v) is 21.7. The molecule has 2 heterocycles. The smallest absolute Gasteiger partial charge is 0.248 e. The molecule has 0 bridgehead atoms. The second-order valence-corrected chi connectivity index (χ2v) is 10.1. The standard InChI is InChI=1S/C25H34N4O5S/c1-15(2)22(28(4)21(31)13-34-5)25(33)29-12-19(30)10-20(29)24(32)26-11-17-6-8-18(9-7-17)23-16(3)27-14-35-23/h6-9,14-15,19-20,22,30H,10-13H2,1-5H3,(H,26,32)/t19-,20+,22?/m1/s1. The van der Waals surface area contributed by atoms with Crippen molar-refractivity contribution in [3.05, 3.63) is 41.0 Å². The Hall–Kier alpha value is -2.82. The van der Waals surface area contributed by atoms with Gasteiger partial charge in [-0.1, -0.05) is 38.1 Å². The number of rotatable bonds is 9. The maximum atomic E-state index is 13.4. The van der Waals surface area contributed by atoms with Gasteiger partial charge < -0.3 is 25.0 Å². The molecule has 2 aromatic rings. The van der Waals surface area contributed by atoms with Crippen molar-refractivity contribution >= 4 is 29.1 Å². The second kappa shape index (κ2) is 11.7. The van der Waals surface area contributed by atoms with Gasteiger partial charge in [0.05, 0.1) is 22.2 Å². The van der Waals surface area contributed by atoms with Crippen molar-refractivity contribution in [1.29, 1.82) is 0 Å². The third-order valence-electron chi connectivity index (χ3n) is 6.26. The number of methoxy groups -OCH3 is 1. The lowest BCUT2D eigenvalue weighted by molar-refractivity contribution is -0.150. The second-order valence-electron chi connectivity index (χ2n) is 9.20. The number of nitrogens with zero attached hydrogens (tertiary/aromatic N) is 3. The van der Waals surface area contributed by atoms with E-state index < -0.39 is 18.2 Å². The van der Waals surface area contributed by atoms with Crippen LogP contribution in [0.2, 0.25) is 0 Å². The number of aryl methyl sites for hydroxylation is 1. The predicted octanol–water partition coefficient (Wildman–Crippen LogP) is 1.83. The van der Waals surface area contributed by atoms with E-state index in [-0.39, 0.29) is 43.2 Å². The lowest BCUT2D eigenvalue weighted by Crippen LogP contribution is -2.56. The van der Waals surface area contributed by atoms with Gasteiger partial charge in [0.25, 0.3) is 0 Å². The van der Waals surface area contributed by atoms with Gasteiger partial charge >= 0.3 is 0 Å². The SMILES string of the molecule is COCC(=O)N(C)C(C(=O)N1C[C@H](O)C[C@H]1C(=O)NCc1ccc(-c2scnc2C)cc1)C(C)C. The van der Waals surface area contributed by atoms with Crippen molar-refractivity contribution in [1.82, 2.24) is 20.1 Å². The van der Waals surface area contributed by atoms with Crippen molar-refractivity contribution in [3.8, 4) is 10.4 Å². The molecule has 3 rings (SSSR count). The highest BCUT2D eigenvalue weighted by molar-refractivity contribution is 7.13. The number of likely N-dealkylation sites (tertiary alicyclic amines) is 1. The maximum Gasteiger partial charge on any atom is 0.248 e. The van der Waals surface area contributed by atoms with Gasteiger partial charge in [0.15, 0.2) is 0 Å². The summed E-state index contributed by atoms with van der Waals surface area (Å²) < 4.78 is 4.92. The van der Waals surface area contributed by atoms with Crippen LogP contribution in [0, 0.1) is 12.8 Å². The minimum Gasteiger partial charge on any atom is -0.391 e. The molecule has 10 heteroatoms. The third kappa shape index (κ3) is 6.25. The van der Waals surface area contributed by atoms with E-state index in [1.54, 1.807) is 18.4 Å². The van der Waals surface area contributed by atoms with E-state index >= 15 is 0 Å². The first-order valence-corrected chi connectivity index (χ1v) is 12.5. The number of ether oxygens (including phenoxy) is 1. The van der Waals surface area contributed by atoms with Crippen LogP contribution < -0.4 is 5.32 Å². The molecule has 1 aliphatic heterocycles. The van der Waals surface area contributed by atoms with Crippen LogP contribution in [-0.4, -0.2) is 83.1 Å². The van der Waals surface area contributed by atoms with Gasteiger partial charge in [0, 0.05) is 33.7 Å². The monoisotopic (exact) mass is 502 g/mol. The molecule has 0 aliphatic carbocycles. The first-order valence-electron chi connectivity index (χ1n) is 11.6. The Morgan fingerprint density at radius 1 is 1.29 bits per heavy atom. The summed E-state index contributed by atoms with van der Waals surface area (Å²) in [7, 11) is 2.98. The number of carbonyl (C=O) groups excluding carboxylic acids is 3. The summed E-state index contributed by atoms with van der Waals surface area (Å²) in [6, 6.07) is 6.33. The van der Waals surface area contributed by atoms with Crippen LogP contribution in [0.4, 0.5) is 0 Å². The zero-order chi connectivity index (χ0) is 25.7. The minimum atomic E-state index is -0.802. The molecular weight excluding hydrogens is 468 g/mol. The highest BCUT2D eigenvalue weighted by Gasteiger charge is 2.43. The number of aliphatic hydroxyl groups is 1. The van der Waals surface area contributed by atoms with Gasteiger partial charge in [-0.15, -0.1) is 11.3 Å². The van der Waals surface area contributed by atoms with Crippen LogP contribution in [0.5, 0.6) is 0 Å². The Balaban J connectivity index is 1.67. The van der Waals surface area contributed by atoms with Crippen molar-refractivity contribution in [2.24, 2.45) is 5.92 Å². The molecular formula is C25H34N4O5S. The molecule has 0 radical (unpaired) electrons. The van der Waals surface area contributed by atoms with Crippen molar-refractivity contribution in [2.75, 3.05) is 27.3 Å². The number of nitrogens with one attached hydrogen (secondary N) is 1. The van der Waals surface area contributed by atoms with Crippen LogP contribution in [0.15, 0.2) is 29.8 Å². The number of carbonyl (C=O) groups is 3. The average molecular weight is 503 g/mol. The summed E-state index contributed by atoms with van der Waals surface area (Å²) in [4.78, 5) is 47.0. The number of amides is 3. The van der Waals surface area contributed by atoms with E-state index in [1.165, 1.54) is 16.9 Å². The molecule has 1 fully saturated rings. The number of benzene rings is 1. The summed E-state index contributed by atoms with van der Waals surface area (Å²) in [5.41, 5.74) is 4.79. The van der Waals surface area contributed by atoms with Gasteiger partial charge in [0.2, 0.25) is 17.7 Å². The number of hydrogen-bond acceptors (Lipinski definition) is 7. The first kappa shape index (κ1) is 26.8. The van der Waals surface area contributed by atoms with Crippen molar-refractivity contribution in [2.45, 2.75) is 51.9 Å². The van der Waals surface area contributed by atoms with Crippen molar-refractivity contribution < 1.29 is 24.2 Å². The maximum absolute atomic E-state index is 13.4. The Bertz CT molecular complexity index is 1040. The third-order valence-corrected chi connectivity index (χ3v) is 7.23. The molecule has 1 saturated heterocycles. The molecule has 3 atom stereocenters. The molecule has 3 amide bonds. The normalized spacial score (nSPS) is 18.5. The van der Waals surface area contributed by atoms with Crippen molar-refractivity contribution in [3.63, 3.8) is 0 Å². The number of aromatic nitrogens is 1. The summed E-state index contributed by atoms with van der Waals surface area (Å²) in [6.45, 7) is 5.87. The minimum absolute atomic E-state index is 0.0509. The molecule has 1 unspecified atom stereocenters. The molecule has 0 spiro atoms. The molecule has 190 valence electrons. The fourth-order valence-electron chi connectivity index (χ4n) is 4.41. The Labute approximate surface area is 210 Å². The molecule has 1 aromatic carbocycles. The van der Waals surface area contributed by atoms with Gasteiger partial charge in [-0.25, -0.2) is 4.98 Å². The predicted molar refractivity (Wildman–Crippen MR) is 134 cm³/mol. The van der Waals surface area contributed by atoms with Gasteiger partial charge in [0.1, 0.15) is 18.7 Å². The lowest BCUT2D eigenvalue weighted by atomic mass is 10.0. The first-order chi connectivity index (χ1) is 16.6. The van der Waals surface area contributed by atoms with Crippen LogP contribution >= 0.6 is 11.3 Å². The summed E-state index contributed by atoms with van der Waals surface area (Å²) >= 11 is 1.58. The van der Waals surface area contributed by atoms with Crippen LogP contribution in [-0.2, 0) is 25.7 Å². The molecule has 1 aromatic heterocycles. The van der Waals surface area contributed by atoms with Crippen LogP contribution in [0.3, 0.4) is 0 Å². The van der Waals surface area contributed by atoms with E-state index in [2.05, 4.69) is 10.3 Å². The number of hydrogen-bond donors (Lipinski definition) is 2. The van der Waals surface area contributed by atoms with E-state index in [1.807, 2.05) is 50.5 Å². The summed E-state index contributed by atoms with van der Waals surface area (Å²) in [6.07, 6.45) is -0.647. The summed E-state index contributed by atoms with van der Waals surface area (Å²) in [5.74, 6) is -1.19. The van der Waals surface area contributed by atoms with Gasteiger partial charge in [-0.05, 0) is 24.0 Å². The fourth-order valence-corrected chi connectivity index (χ4v) is 5.23. The summed E-state index contributed by atoms with van der Waals surface area (Å²) in [5, 5.41) is 13.2. The molecule has 35 heavy (non-hydrogen) atoms. The number of aliphatic hydroxyl groups excluding tert-OH is 1. The molecule has 2 N–H and O–H groups in total. The number of likely N-dealkylation sites (N-methyl/N-ethyl adjacent to an activating group) is 1. The Morgan fingerprint density at radius 3 is 2.54 bits per heavy atom. The fraction of sp³-hybridized carbons (Fsp3) is 0.520. The number of thiazole rings is 1. The van der Waals surface area contributed by atoms with Crippen LogP contribution in [0.1, 0.15) is 31.5 Å². The van der Waals surface area contributed by atoms with E-state index in [0.29, 0.717) is 6.54 Å². The van der Waals surface area contributed by atoms with E-state index in [4.69, 9.17) is 4.74 Å². The largest absolute Gasteiger partial charge is 0.391 e. The number of β-amino-alcohol motifs (C(OH)–C–C–N with tert-alkyl or cyclic N) is 1. The van der Waals surface area contributed by atoms with E-state index in [0.717, 1.165) is 21.7 Å². The molecule has 9 nitrogen and oxygen atoms in total. The average Bonchev–Trinajstić information content (AvgIpc) is 3.43. The molecule has 1 aliphatic rings.